The van der Waals surface area contributed by atoms with E-state index in [2.05, 4.69) is 27.9 Å². The molecule has 5 nitrogen and oxygen atoms in total. The van der Waals surface area contributed by atoms with Crippen LogP contribution in [0.2, 0.25) is 5.02 Å². The van der Waals surface area contributed by atoms with E-state index < -0.39 is 17.9 Å². The van der Waals surface area contributed by atoms with Gasteiger partial charge in [0.15, 0.2) is 0 Å². The number of nitrogens with one attached hydrogen (secondary N) is 1. The maximum Gasteiger partial charge on any atom is 0.252 e. The molecule has 3 amide bonds. The Labute approximate surface area is 128 Å². The first-order valence-electron chi connectivity index (χ1n) is 5.46. The molecule has 1 unspecified atom stereocenters. The van der Waals surface area contributed by atoms with E-state index >= 15 is 0 Å². The molecule has 19 heavy (non-hydrogen) atoms. The summed E-state index contributed by atoms with van der Waals surface area (Å²) in [6, 6.07) is 4.08. The fourth-order valence-electron chi connectivity index (χ4n) is 1.75. The van der Waals surface area contributed by atoms with Gasteiger partial charge >= 0.3 is 0 Å². The molecule has 0 bridgehead atoms. The molecular weight excluding hydrogens is 383 g/mol. The number of rotatable bonds is 2. The van der Waals surface area contributed by atoms with E-state index in [1.54, 1.807) is 12.1 Å². The van der Waals surface area contributed by atoms with Crippen molar-refractivity contribution in [2.45, 2.75) is 12.5 Å². The smallest absolute Gasteiger partial charge is 0.252 e. The van der Waals surface area contributed by atoms with Crippen molar-refractivity contribution in [3.63, 3.8) is 0 Å². The van der Waals surface area contributed by atoms with Crippen molar-refractivity contribution in [1.82, 2.24) is 10.2 Å². The maximum atomic E-state index is 12.0. The zero-order valence-corrected chi connectivity index (χ0v) is 12.9. The second-order valence-corrected chi connectivity index (χ2v) is 5.72. The first kappa shape index (κ1) is 14.3. The summed E-state index contributed by atoms with van der Waals surface area (Å²) in [6.07, 6.45) is -0.000820. The van der Waals surface area contributed by atoms with Gasteiger partial charge in [-0.2, -0.15) is 0 Å². The molecule has 1 atom stereocenters. The minimum absolute atomic E-state index is 0.000820. The molecule has 1 N–H and O–H groups in total. The monoisotopic (exact) mass is 392 g/mol. The van der Waals surface area contributed by atoms with Crippen LogP contribution < -0.4 is 5.32 Å². The summed E-state index contributed by atoms with van der Waals surface area (Å²) in [6.45, 7) is 0. The molecule has 1 aliphatic rings. The highest BCUT2D eigenvalue weighted by molar-refractivity contribution is 14.1. The molecule has 1 aromatic rings. The molecule has 0 radical (unpaired) electrons. The third-order valence-electron chi connectivity index (χ3n) is 2.87. The molecule has 1 fully saturated rings. The number of hydrogen-bond acceptors (Lipinski definition) is 3. The van der Waals surface area contributed by atoms with Crippen molar-refractivity contribution in [2.75, 3.05) is 7.05 Å². The van der Waals surface area contributed by atoms with Crippen LogP contribution in [0.5, 0.6) is 0 Å². The van der Waals surface area contributed by atoms with Gasteiger partial charge in [-0.05, 0) is 40.8 Å². The Morgan fingerprint density at radius 1 is 1.47 bits per heavy atom. The third kappa shape index (κ3) is 2.89. The highest BCUT2D eigenvalue weighted by atomic mass is 127. The summed E-state index contributed by atoms with van der Waals surface area (Å²) in [5.74, 6) is -1.11. The van der Waals surface area contributed by atoms with Crippen molar-refractivity contribution in [1.29, 1.82) is 0 Å². The molecular formula is C12H10ClIN2O3. The average molecular weight is 393 g/mol. The number of amides is 3. The van der Waals surface area contributed by atoms with Crippen LogP contribution >= 0.6 is 34.2 Å². The Bertz CT molecular complexity index is 576. The number of nitrogens with zero attached hydrogens (tertiary/aromatic N) is 1. The van der Waals surface area contributed by atoms with Gasteiger partial charge in [0, 0.05) is 16.2 Å². The standard InChI is InChI=1S/C12H10ClIN2O3/c1-16-10(17)5-9(12(16)19)15-11(18)6-2-3-8(14)7(13)4-6/h2-4,9H,5H2,1H3,(H,15,18). The predicted octanol–water partition coefficient (Wildman–Crippen LogP) is 1.43. The van der Waals surface area contributed by atoms with Crippen molar-refractivity contribution < 1.29 is 14.4 Å². The first-order valence-corrected chi connectivity index (χ1v) is 6.92. The van der Waals surface area contributed by atoms with Crippen LogP contribution in [0.3, 0.4) is 0 Å². The lowest BCUT2D eigenvalue weighted by Gasteiger charge is -2.11. The second-order valence-electron chi connectivity index (χ2n) is 4.15. The SMILES string of the molecule is CN1C(=O)CC(NC(=O)c2ccc(I)c(Cl)c2)C1=O. The van der Waals surface area contributed by atoms with Crippen molar-refractivity contribution >= 4 is 51.9 Å². The van der Waals surface area contributed by atoms with Gasteiger partial charge in [0.05, 0.1) is 11.4 Å². The maximum absolute atomic E-state index is 12.0. The number of carbonyl (C=O) groups excluding carboxylic acids is 3. The normalized spacial score (nSPS) is 18.9. The molecule has 0 aliphatic carbocycles. The summed E-state index contributed by atoms with van der Waals surface area (Å²) in [7, 11) is 1.40. The Balaban J connectivity index is 2.11. The average Bonchev–Trinajstić information content (AvgIpc) is 2.60. The van der Waals surface area contributed by atoms with Gasteiger partial charge in [-0.25, -0.2) is 0 Å². The largest absolute Gasteiger partial charge is 0.340 e. The van der Waals surface area contributed by atoms with Crippen LogP contribution in [0.1, 0.15) is 16.8 Å². The summed E-state index contributed by atoms with van der Waals surface area (Å²) >= 11 is 7.99. The van der Waals surface area contributed by atoms with Crippen LogP contribution in [-0.4, -0.2) is 35.7 Å². The second kappa shape index (κ2) is 5.46. The van der Waals surface area contributed by atoms with Crippen LogP contribution in [0, 0.1) is 3.57 Å². The van der Waals surface area contributed by atoms with E-state index in [4.69, 9.17) is 11.6 Å². The topological polar surface area (TPSA) is 66.5 Å². The van der Waals surface area contributed by atoms with E-state index in [0.717, 1.165) is 8.47 Å². The molecule has 1 heterocycles. The zero-order valence-electron chi connectivity index (χ0n) is 9.94. The number of carbonyl (C=O) groups is 3. The molecule has 1 aliphatic heterocycles. The number of benzene rings is 1. The van der Waals surface area contributed by atoms with Crippen LogP contribution in [-0.2, 0) is 9.59 Å². The van der Waals surface area contributed by atoms with Gasteiger partial charge in [-0.15, -0.1) is 0 Å². The Hall–Kier alpha value is -1.15. The van der Waals surface area contributed by atoms with E-state index in [1.807, 2.05) is 0 Å². The van der Waals surface area contributed by atoms with Gasteiger partial charge in [0.2, 0.25) is 5.91 Å². The molecule has 2 rings (SSSR count). The Morgan fingerprint density at radius 3 is 2.68 bits per heavy atom. The molecule has 0 spiro atoms. The highest BCUT2D eigenvalue weighted by Gasteiger charge is 2.37. The fraction of sp³-hybridized carbons (Fsp3) is 0.250. The minimum atomic E-state index is -0.789. The number of likely N-dealkylation sites (tertiary alicyclic amines) is 1. The van der Waals surface area contributed by atoms with Crippen LogP contribution in [0.15, 0.2) is 18.2 Å². The van der Waals surface area contributed by atoms with E-state index in [-0.39, 0.29) is 12.3 Å². The molecule has 100 valence electrons. The van der Waals surface area contributed by atoms with Gasteiger partial charge < -0.3 is 5.32 Å². The van der Waals surface area contributed by atoms with Crippen LogP contribution in [0.25, 0.3) is 0 Å². The van der Waals surface area contributed by atoms with E-state index in [9.17, 15) is 14.4 Å². The highest BCUT2D eigenvalue weighted by Crippen LogP contribution is 2.20. The van der Waals surface area contributed by atoms with Gasteiger partial charge in [-0.3, -0.25) is 19.3 Å². The lowest BCUT2D eigenvalue weighted by Crippen LogP contribution is -2.40. The lowest BCUT2D eigenvalue weighted by atomic mass is 10.2. The predicted molar refractivity (Wildman–Crippen MR) is 77.8 cm³/mol. The third-order valence-corrected chi connectivity index (χ3v) is 4.44. The van der Waals surface area contributed by atoms with E-state index in [1.165, 1.54) is 13.1 Å². The van der Waals surface area contributed by atoms with Gasteiger partial charge in [0.25, 0.3) is 11.8 Å². The Kier molecular flexibility index (Phi) is 4.10. The molecule has 0 saturated carbocycles. The Morgan fingerprint density at radius 2 is 2.16 bits per heavy atom. The van der Waals surface area contributed by atoms with Crippen molar-refractivity contribution in [3.8, 4) is 0 Å². The summed E-state index contributed by atoms with van der Waals surface area (Å²) < 4.78 is 0.836. The molecule has 1 aromatic carbocycles. The molecule has 1 saturated heterocycles. The number of likely N-dealkylation sites (N-methyl/N-ethyl adjacent to an activating group) is 1. The lowest BCUT2D eigenvalue weighted by molar-refractivity contribution is -0.137. The summed E-state index contributed by atoms with van der Waals surface area (Å²) in [4.78, 5) is 36.0. The van der Waals surface area contributed by atoms with Crippen molar-refractivity contribution in [2.24, 2.45) is 0 Å². The van der Waals surface area contributed by atoms with Crippen molar-refractivity contribution in [3.05, 3.63) is 32.4 Å². The fourth-order valence-corrected chi connectivity index (χ4v) is 2.26. The summed E-state index contributed by atoms with van der Waals surface area (Å²) in [5.41, 5.74) is 0.361. The number of imide groups is 1. The quantitative estimate of drug-likeness (QED) is 0.612. The number of hydrogen-bond donors (Lipinski definition) is 1. The molecule has 7 heteroatoms. The van der Waals surface area contributed by atoms with Gasteiger partial charge in [0.1, 0.15) is 6.04 Å². The zero-order chi connectivity index (χ0) is 14.2. The summed E-state index contributed by atoms with van der Waals surface area (Å²) in [5, 5.41) is 3.01. The van der Waals surface area contributed by atoms with Gasteiger partial charge in [-0.1, -0.05) is 11.6 Å². The van der Waals surface area contributed by atoms with Crippen LogP contribution in [0.4, 0.5) is 0 Å². The first-order chi connectivity index (χ1) is 8.90. The van der Waals surface area contributed by atoms with E-state index in [0.29, 0.717) is 10.6 Å². The minimum Gasteiger partial charge on any atom is -0.340 e. The number of halogens is 2. The molecule has 0 aromatic heterocycles.